The van der Waals surface area contributed by atoms with Gasteiger partial charge in [0.2, 0.25) is 0 Å². The van der Waals surface area contributed by atoms with Crippen molar-refractivity contribution in [2.24, 2.45) is 0 Å². The number of nitrogens with one attached hydrogen (secondary N) is 1. The Morgan fingerprint density at radius 3 is 2.77 bits per heavy atom. The zero-order valence-corrected chi connectivity index (χ0v) is 13.5. The molecule has 1 aliphatic carbocycles. The molecule has 1 saturated carbocycles. The van der Waals surface area contributed by atoms with Crippen molar-refractivity contribution in [3.63, 3.8) is 0 Å². The van der Waals surface area contributed by atoms with E-state index in [0.717, 1.165) is 22.2 Å². The van der Waals surface area contributed by atoms with Gasteiger partial charge in [0.05, 0.1) is 11.1 Å². The molecule has 1 N–H and O–H groups in total. The quantitative estimate of drug-likeness (QED) is 0.923. The highest BCUT2D eigenvalue weighted by atomic mass is 16.1. The molecule has 1 atom stereocenters. The van der Waals surface area contributed by atoms with Gasteiger partial charge in [0, 0.05) is 29.6 Å². The van der Waals surface area contributed by atoms with Gasteiger partial charge in [-0.15, -0.1) is 0 Å². The van der Waals surface area contributed by atoms with Gasteiger partial charge in [0.1, 0.15) is 0 Å². The van der Waals surface area contributed by atoms with Gasteiger partial charge in [-0.1, -0.05) is 18.2 Å². The molecule has 22 heavy (non-hydrogen) atoms. The van der Waals surface area contributed by atoms with Crippen molar-refractivity contribution in [1.29, 1.82) is 0 Å². The van der Waals surface area contributed by atoms with Gasteiger partial charge in [-0.2, -0.15) is 0 Å². The van der Waals surface area contributed by atoms with Crippen LogP contribution in [-0.2, 0) is 0 Å². The molecule has 1 aromatic heterocycles. The molecule has 2 aromatic rings. The van der Waals surface area contributed by atoms with Crippen molar-refractivity contribution in [2.45, 2.75) is 31.7 Å². The number of fused-ring (bicyclic) bond motifs is 1. The van der Waals surface area contributed by atoms with Crippen LogP contribution in [0.4, 0.5) is 0 Å². The van der Waals surface area contributed by atoms with Crippen LogP contribution in [0.1, 0.15) is 41.7 Å². The summed E-state index contributed by atoms with van der Waals surface area (Å²) in [6, 6.07) is 10.2. The van der Waals surface area contributed by atoms with Crippen LogP contribution in [0.3, 0.4) is 0 Å². The number of hydrogen-bond acceptors (Lipinski definition) is 3. The summed E-state index contributed by atoms with van der Waals surface area (Å²) in [4.78, 5) is 19.4. The summed E-state index contributed by atoms with van der Waals surface area (Å²) >= 11 is 0. The van der Waals surface area contributed by atoms with Crippen molar-refractivity contribution in [3.05, 3.63) is 41.6 Å². The first-order valence-corrected chi connectivity index (χ1v) is 7.90. The van der Waals surface area contributed by atoms with Gasteiger partial charge in [-0.05, 0) is 46.0 Å². The van der Waals surface area contributed by atoms with Crippen LogP contribution in [0.15, 0.2) is 30.3 Å². The van der Waals surface area contributed by atoms with Crippen LogP contribution in [0.25, 0.3) is 10.9 Å². The first kappa shape index (κ1) is 15.0. The van der Waals surface area contributed by atoms with Crippen molar-refractivity contribution in [3.8, 4) is 0 Å². The average Bonchev–Trinajstić information content (AvgIpc) is 3.35. The first-order valence-electron chi connectivity index (χ1n) is 7.90. The Balaban J connectivity index is 1.89. The van der Waals surface area contributed by atoms with Crippen LogP contribution >= 0.6 is 0 Å². The molecule has 116 valence electrons. The number of para-hydroxylation sites is 1. The van der Waals surface area contributed by atoms with Crippen LogP contribution in [-0.4, -0.2) is 42.5 Å². The maximum atomic E-state index is 12.6. The second kappa shape index (κ2) is 6.05. The monoisotopic (exact) mass is 297 g/mol. The third kappa shape index (κ3) is 3.12. The van der Waals surface area contributed by atoms with E-state index < -0.39 is 0 Å². The molecule has 1 aliphatic rings. The highest BCUT2D eigenvalue weighted by Crippen LogP contribution is 2.40. The average molecular weight is 297 g/mol. The predicted octanol–water partition coefficient (Wildman–Crippen LogP) is 2.79. The minimum absolute atomic E-state index is 0.00537. The summed E-state index contributed by atoms with van der Waals surface area (Å²) in [5, 5.41) is 3.98. The van der Waals surface area contributed by atoms with Crippen molar-refractivity contribution in [2.75, 3.05) is 20.6 Å². The van der Waals surface area contributed by atoms with E-state index in [9.17, 15) is 4.79 Å². The minimum Gasteiger partial charge on any atom is -0.350 e. The highest BCUT2D eigenvalue weighted by Gasteiger charge is 2.26. The lowest BCUT2D eigenvalue weighted by Crippen LogP contribution is -2.38. The molecular weight excluding hydrogens is 274 g/mol. The van der Waals surface area contributed by atoms with Gasteiger partial charge in [-0.3, -0.25) is 9.78 Å². The smallest absolute Gasteiger partial charge is 0.252 e. The molecule has 1 fully saturated rings. The summed E-state index contributed by atoms with van der Waals surface area (Å²) in [6.45, 7) is 2.74. The Labute approximate surface area is 131 Å². The van der Waals surface area contributed by atoms with E-state index in [1.54, 1.807) is 0 Å². The summed E-state index contributed by atoms with van der Waals surface area (Å²) in [5.41, 5.74) is 2.72. The molecule has 0 aliphatic heterocycles. The second-order valence-corrected chi connectivity index (χ2v) is 6.41. The van der Waals surface area contributed by atoms with E-state index in [0.29, 0.717) is 18.5 Å². The number of carbonyl (C=O) groups is 1. The fourth-order valence-corrected chi connectivity index (χ4v) is 2.49. The molecule has 4 heteroatoms. The fourth-order valence-electron chi connectivity index (χ4n) is 2.49. The van der Waals surface area contributed by atoms with Gasteiger partial charge < -0.3 is 10.2 Å². The van der Waals surface area contributed by atoms with Crippen molar-refractivity contribution >= 4 is 16.8 Å². The molecule has 0 saturated heterocycles. The minimum atomic E-state index is -0.00537. The Kier molecular flexibility index (Phi) is 4.12. The summed E-state index contributed by atoms with van der Waals surface area (Å²) in [7, 11) is 4.04. The molecule has 1 aromatic carbocycles. The molecule has 1 heterocycles. The SMILES string of the molecule is C[C@H](CNC(=O)c1cc(C2CC2)nc2ccccc12)N(C)C. The van der Waals surface area contributed by atoms with E-state index in [-0.39, 0.29) is 5.91 Å². The topological polar surface area (TPSA) is 45.2 Å². The lowest BCUT2D eigenvalue weighted by Gasteiger charge is -2.20. The van der Waals surface area contributed by atoms with Gasteiger partial charge in [-0.25, -0.2) is 0 Å². The number of aromatic nitrogens is 1. The Hall–Kier alpha value is -1.94. The normalized spacial score (nSPS) is 16.0. The van der Waals surface area contributed by atoms with E-state index in [1.165, 1.54) is 12.8 Å². The van der Waals surface area contributed by atoms with E-state index in [1.807, 2.05) is 44.4 Å². The van der Waals surface area contributed by atoms with E-state index >= 15 is 0 Å². The second-order valence-electron chi connectivity index (χ2n) is 6.41. The standard InChI is InChI=1S/C18H23N3O/c1-12(21(2)3)11-19-18(22)15-10-17(13-8-9-13)20-16-7-5-4-6-14(15)16/h4-7,10,12-13H,8-9,11H2,1-3H3,(H,19,22)/t12-/m1/s1. The Morgan fingerprint density at radius 2 is 2.09 bits per heavy atom. The van der Waals surface area contributed by atoms with Gasteiger partial charge in [0.15, 0.2) is 0 Å². The van der Waals surface area contributed by atoms with Gasteiger partial charge >= 0.3 is 0 Å². The van der Waals surface area contributed by atoms with E-state index in [4.69, 9.17) is 4.98 Å². The number of likely N-dealkylation sites (N-methyl/N-ethyl adjacent to an activating group) is 1. The lowest BCUT2D eigenvalue weighted by molar-refractivity contribution is 0.0945. The summed E-state index contributed by atoms with van der Waals surface area (Å²) in [6.07, 6.45) is 2.37. The number of nitrogens with zero attached hydrogens (tertiary/aromatic N) is 2. The number of carbonyl (C=O) groups excluding carboxylic acids is 1. The molecular formula is C18H23N3O. The van der Waals surface area contributed by atoms with Crippen molar-refractivity contribution < 1.29 is 4.79 Å². The summed E-state index contributed by atoms with van der Waals surface area (Å²) in [5.74, 6) is 0.533. The molecule has 0 bridgehead atoms. The number of pyridine rings is 1. The molecule has 0 spiro atoms. The maximum Gasteiger partial charge on any atom is 0.252 e. The molecule has 0 radical (unpaired) electrons. The Bertz CT molecular complexity index is 692. The van der Waals surface area contributed by atoms with Crippen LogP contribution in [0.2, 0.25) is 0 Å². The zero-order valence-electron chi connectivity index (χ0n) is 13.5. The van der Waals surface area contributed by atoms with Crippen molar-refractivity contribution in [1.82, 2.24) is 15.2 Å². The number of hydrogen-bond donors (Lipinski definition) is 1. The highest BCUT2D eigenvalue weighted by molar-refractivity contribution is 6.06. The zero-order chi connectivity index (χ0) is 15.7. The number of rotatable bonds is 5. The van der Waals surface area contributed by atoms with Crippen LogP contribution in [0.5, 0.6) is 0 Å². The van der Waals surface area contributed by atoms with Crippen LogP contribution in [0, 0.1) is 0 Å². The van der Waals surface area contributed by atoms with Gasteiger partial charge in [0.25, 0.3) is 5.91 Å². The molecule has 4 nitrogen and oxygen atoms in total. The largest absolute Gasteiger partial charge is 0.350 e. The lowest BCUT2D eigenvalue weighted by atomic mass is 10.1. The van der Waals surface area contributed by atoms with Crippen LogP contribution < -0.4 is 5.32 Å². The predicted molar refractivity (Wildman–Crippen MR) is 89.2 cm³/mol. The Morgan fingerprint density at radius 1 is 1.36 bits per heavy atom. The fraction of sp³-hybridized carbons (Fsp3) is 0.444. The first-order chi connectivity index (χ1) is 10.6. The third-order valence-corrected chi connectivity index (χ3v) is 4.42. The molecule has 0 unspecified atom stereocenters. The summed E-state index contributed by atoms with van der Waals surface area (Å²) < 4.78 is 0. The molecule has 1 amide bonds. The van der Waals surface area contributed by atoms with E-state index in [2.05, 4.69) is 17.1 Å². The number of amides is 1. The number of benzene rings is 1. The molecule has 3 rings (SSSR count). The third-order valence-electron chi connectivity index (χ3n) is 4.42. The maximum absolute atomic E-state index is 12.6.